The Hall–Kier alpha value is -0.791. The molecule has 1 aliphatic heterocycles. The summed E-state index contributed by atoms with van der Waals surface area (Å²) in [7, 11) is 0. The SMILES string of the molecule is CCC(=O)[O][Sn]1([CH](C)C)[O]C(=O)CC(=O)[O]1. The summed E-state index contributed by atoms with van der Waals surface area (Å²) in [4.78, 5) is 33.7. The van der Waals surface area contributed by atoms with Crippen LogP contribution in [-0.2, 0) is 23.6 Å². The quantitative estimate of drug-likeness (QED) is 0.559. The Labute approximate surface area is 98.7 Å². The summed E-state index contributed by atoms with van der Waals surface area (Å²) in [6, 6.07) is 0. The van der Waals surface area contributed by atoms with Crippen LogP contribution in [0, 0.1) is 0 Å². The Balaban J connectivity index is 2.91. The first kappa shape index (κ1) is 13.3. The Morgan fingerprint density at radius 3 is 2.25 bits per heavy atom. The molecule has 0 aliphatic carbocycles. The number of carbonyl (C=O) groups excluding carboxylic acids is 3. The zero-order valence-corrected chi connectivity index (χ0v) is 12.3. The molecule has 0 amide bonds. The second-order valence-corrected chi connectivity index (χ2v) is 12.2. The molecule has 1 fully saturated rings. The summed E-state index contributed by atoms with van der Waals surface area (Å²) in [6.07, 6.45) is -0.254. The van der Waals surface area contributed by atoms with Crippen LogP contribution < -0.4 is 0 Å². The van der Waals surface area contributed by atoms with Crippen molar-refractivity contribution in [2.75, 3.05) is 0 Å². The molecule has 0 aromatic carbocycles. The zero-order valence-electron chi connectivity index (χ0n) is 9.44. The summed E-state index contributed by atoms with van der Waals surface area (Å²) in [5.41, 5.74) is 0. The first-order chi connectivity index (χ1) is 7.39. The topological polar surface area (TPSA) is 78.9 Å². The van der Waals surface area contributed by atoms with Crippen LogP contribution >= 0.6 is 0 Å². The predicted octanol–water partition coefficient (Wildman–Crippen LogP) is 0.779. The molecule has 1 heterocycles. The average molecular weight is 337 g/mol. The van der Waals surface area contributed by atoms with Crippen LogP contribution in [0.5, 0.6) is 0 Å². The van der Waals surface area contributed by atoms with E-state index in [4.69, 9.17) is 9.22 Å². The van der Waals surface area contributed by atoms with Gasteiger partial charge in [0.2, 0.25) is 0 Å². The third-order valence-corrected chi connectivity index (χ3v) is 10.5. The number of hydrogen-bond acceptors (Lipinski definition) is 6. The van der Waals surface area contributed by atoms with Crippen molar-refractivity contribution in [3.63, 3.8) is 0 Å². The fourth-order valence-electron chi connectivity index (χ4n) is 1.15. The molecule has 16 heavy (non-hydrogen) atoms. The summed E-state index contributed by atoms with van der Waals surface area (Å²) in [6.45, 7) is 5.05. The number of carbonyl (C=O) groups is 3. The molecular formula is C9H14O6Sn. The molecule has 0 atom stereocenters. The van der Waals surface area contributed by atoms with E-state index in [1.54, 1.807) is 20.8 Å². The van der Waals surface area contributed by atoms with Gasteiger partial charge >= 0.3 is 98.7 Å². The third kappa shape index (κ3) is 2.87. The minimum absolute atomic E-state index is 0.153. The van der Waals surface area contributed by atoms with Gasteiger partial charge in [0.1, 0.15) is 0 Å². The van der Waals surface area contributed by atoms with Crippen molar-refractivity contribution >= 4 is 37.5 Å². The molecule has 0 aromatic heterocycles. The first-order valence-electron chi connectivity index (χ1n) is 5.05. The fraction of sp³-hybridized carbons (Fsp3) is 0.667. The molecule has 1 rings (SSSR count). The van der Waals surface area contributed by atoms with Gasteiger partial charge in [-0.3, -0.25) is 0 Å². The number of hydrogen-bond donors (Lipinski definition) is 0. The Morgan fingerprint density at radius 2 is 1.88 bits per heavy atom. The summed E-state index contributed by atoms with van der Waals surface area (Å²) in [5, 5.41) is 0. The molecule has 0 aromatic rings. The van der Waals surface area contributed by atoms with E-state index in [1.165, 1.54) is 0 Å². The van der Waals surface area contributed by atoms with Crippen LogP contribution in [0.25, 0.3) is 0 Å². The van der Waals surface area contributed by atoms with Gasteiger partial charge in [0.15, 0.2) is 0 Å². The monoisotopic (exact) mass is 338 g/mol. The average Bonchev–Trinajstić information content (AvgIpc) is 2.15. The number of rotatable bonds is 3. The second kappa shape index (κ2) is 5.03. The molecule has 0 radical (unpaired) electrons. The van der Waals surface area contributed by atoms with E-state index in [0.29, 0.717) is 0 Å². The van der Waals surface area contributed by atoms with E-state index in [9.17, 15) is 14.4 Å². The summed E-state index contributed by atoms with van der Waals surface area (Å²) < 4.78 is 15.0. The first-order valence-corrected chi connectivity index (χ1v) is 10.2. The third-order valence-electron chi connectivity index (χ3n) is 2.05. The van der Waals surface area contributed by atoms with Crippen molar-refractivity contribution in [3.05, 3.63) is 0 Å². The van der Waals surface area contributed by atoms with E-state index < -0.39 is 43.9 Å². The maximum absolute atomic E-state index is 11.3. The molecule has 6 nitrogen and oxygen atoms in total. The molecule has 0 unspecified atom stereocenters. The normalized spacial score (nSPS) is 19.0. The van der Waals surface area contributed by atoms with Gasteiger partial charge in [-0.1, -0.05) is 0 Å². The maximum atomic E-state index is 11.3. The van der Waals surface area contributed by atoms with E-state index in [2.05, 4.69) is 0 Å². The second-order valence-electron chi connectivity index (χ2n) is 3.71. The van der Waals surface area contributed by atoms with Gasteiger partial charge in [-0.25, -0.2) is 0 Å². The van der Waals surface area contributed by atoms with Crippen molar-refractivity contribution in [2.45, 2.75) is 37.5 Å². The van der Waals surface area contributed by atoms with Crippen molar-refractivity contribution in [3.8, 4) is 0 Å². The van der Waals surface area contributed by atoms with Crippen LogP contribution in [0.2, 0.25) is 3.93 Å². The Bertz CT molecular complexity index is 308. The Morgan fingerprint density at radius 1 is 1.38 bits per heavy atom. The fourth-order valence-corrected chi connectivity index (χ4v) is 7.07. The van der Waals surface area contributed by atoms with Crippen molar-refractivity contribution in [2.24, 2.45) is 0 Å². The van der Waals surface area contributed by atoms with E-state index in [-0.39, 0.29) is 10.4 Å². The molecule has 0 N–H and O–H groups in total. The molecule has 0 spiro atoms. The van der Waals surface area contributed by atoms with Crippen LogP contribution in [0.4, 0.5) is 0 Å². The van der Waals surface area contributed by atoms with Gasteiger partial charge in [-0.2, -0.15) is 0 Å². The van der Waals surface area contributed by atoms with E-state index in [0.717, 1.165) is 0 Å². The van der Waals surface area contributed by atoms with Gasteiger partial charge in [0.25, 0.3) is 0 Å². The minimum atomic E-state index is -4.35. The van der Waals surface area contributed by atoms with Gasteiger partial charge in [-0.15, -0.1) is 0 Å². The van der Waals surface area contributed by atoms with Crippen molar-refractivity contribution < 1.29 is 23.6 Å². The van der Waals surface area contributed by atoms with Crippen molar-refractivity contribution in [1.29, 1.82) is 0 Å². The van der Waals surface area contributed by atoms with Gasteiger partial charge in [0, 0.05) is 0 Å². The standard InChI is InChI=1S/C3H4O4.C3H6O2.C3H7.Sn/c4-2(5)1-3(6)7;1-2-3(4)5;1-3-2;/h1H2,(H,4,5)(H,6,7);2H2,1H3,(H,4,5);3H,1-2H3;/q;;;+3/p-3. The molecule has 90 valence electrons. The van der Waals surface area contributed by atoms with Crippen LogP contribution in [0.3, 0.4) is 0 Å². The molecular weight excluding hydrogens is 323 g/mol. The van der Waals surface area contributed by atoms with Gasteiger partial charge in [0.05, 0.1) is 0 Å². The molecule has 0 saturated carbocycles. The predicted molar refractivity (Wildman–Crippen MR) is 54.0 cm³/mol. The van der Waals surface area contributed by atoms with Crippen molar-refractivity contribution in [1.82, 2.24) is 0 Å². The molecule has 7 heteroatoms. The molecule has 1 aliphatic rings. The molecule has 0 bridgehead atoms. The zero-order chi connectivity index (χ0) is 12.3. The van der Waals surface area contributed by atoms with E-state index in [1.807, 2.05) is 0 Å². The molecule has 1 saturated heterocycles. The van der Waals surface area contributed by atoms with Gasteiger partial charge < -0.3 is 0 Å². The summed E-state index contributed by atoms with van der Waals surface area (Å²) >= 11 is -4.35. The van der Waals surface area contributed by atoms with Crippen LogP contribution in [0.15, 0.2) is 0 Å². The van der Waals surface area contributed by atoms with Crippen LogP contribution in [-0.4, -0.2) is 37.5 Å². The van der Waals surface area contributed by atoms with Gasteiger partial charge in [-0.05, 0) is 0 Å². The van der Waals surface area contributed by atoms with Crippen LogP contribution in [0.1, 0.15) is 33.6 Å². The Kier molecular flexibility index (Phi) is 4.17. The van der Waals surface area contributed by atoms with E-state index >= 15 is 0 Å². The summed E-state index contributed by atoms with van der Waals surface area (Å²) in [5.74, 6) is -1.83.